The number of hydrogen-bond acceptors (Lipinski definition) is 6. The average molecular weight is 383 g/mol. The molecule has 8 nitrogen and oxygen atoms in total. The average Bonchev–Trinajstić information content (AvgIpc) is 3.15. The van der Waals surface area contributed by atoms with Gasteiger partial charge in [0, 0.05) is 10.9 Å². The van der Waals surface area contributed by atoms with Gasteiger partial charge in [-0.05, 0) is 31.2 Å². The molecule has 0 saturated carbocycles. The number of rotatable bonds is 7. The van der Waals surface area contributed by atoms with Crippen LogP contribution in [0.2, 0.25) is 0 Å². The van der Waals surface area contributed by atoms with E-state index < -0.39 is 18.5 Å². The van der Waals surface area contributed by atoms with Gasteiger partial charge in [0.2, 0.25) is 0 Å². The van der Waals surface area contributed by atoms with E-state index in [4.69, 9.17) is 14.2 Å². The first-order valence-electron chi connectivity index (χ1n) is 8.65. The van der Waals surface area contributed by atoms with Crippen LogP contribution in [-0.4, -0.2) is 42.9 Å². The Morgan fingerprint density at radius 3 is 2.68 bits per heavy atom. The summed E-state index contributed by atoms with van der Waals surface area (Å²) in [5, 5.41) is 10.1. The van der Waals surface area contributed by atoms with Crippen molar-refractivity contribution in [1.29, 1.82) is 0 Å². The van der Waals surface area contributed by atoms with Crippen molar-refractivity contribution in [2.24, 2.45) is 0 Å². The van der Waals surface area contributed by atoms with Gasteiger partial charge < -0.3 is 19.5 Å². The van der Waals surface area contributed by atoms with Crippen LogP contribution in [0, 0.1) is 0 Å². The summed E-state index contributed by atoms with van der Waals surface area (Å²) in [5.41, 5.74) is 1.61. The summed E-state index contributed by atoms with van der Waals surface area (Å²) in [6, 6.07) is 12.1. The lowest BCUT2D eigenvalue weighted by Gasteiger charge is -2.18. The summed E-state index contributed by atoms with van der Waals surface area (Å²) >= 11 is 0. The number of amides is 1. The third kappa shape index (κ3) is 4.06. The third-order valence-electron chi connectivity index (χ3n) is 4.28. The molecule has 0 bridgehead atoms. The number of H-pyrrole nitrogens is 1. The second-order valence-electron chi connectivity index (χ2n) is 6.09. The Labute approximate surface area is 161 Å². The van der Waals surface area contributed by atoms with E-state index in [0.717, 1.165) is 11.1 Å². The molecule has 1 aromatic heterocycles. The standard InChI is InChI=1S/C20H21N3O5/c1-12(15-10-13(26-2)8-9-17(15)27-3)21-18(24)11-28-20(25)19-14-6-4-5-7-16(14)22-23-19/h4-10,12H,11H2,1-3H3,(H,21,24)(H,22,23). The molecule has 8 heteroatoms. The molecule has 1 amide bonds. The van der Waals surface area contributed by atoms with Gasteiger partial charge in [-0.3, -0.25) is 9.89 Å². The molecular weight excluding hydrogens is 362 g/mol. The second kappa shape index (κ2) is 8.43. The Kier molecular flexibility index (Phi) is 5.78. The highest BCUT2D eigenvalue weighted by Gasteiger charge is 2.19. The molecule has 0 aliphatic carbocycles. The van der Waals surface area contributed by atoms with Crippen molar-refractivity contribution in [3.63, 3.8) is 0 Å². The monoisotopic (exact) mass is 383 g/mol. The zero-order valence-electron chi connectivity index (χ0n) is 15.8. The maximum atomic E-state index is 12.2. The quantitative estimate of drug-likeness (QED) is 0.608. The summed E-state index contributed by atoms with van der Waals surface area (Å²) < 4.78 is 15.7. The van der Waals surface area contributed by atoms with Crippen molar-refractivity contribution in [2.75, 3.05) is 20.8 Å². The van der Waals surface area contributed by atoms with Crippen LogP contribution >= 0.6 is 0 Å². The molecule has 28 heavy (non-hydrogen) atoms. The number of aromatic nitrogens is 2. The molecule has 1 heterocycles. The summed E-state index contributed by atoms with van der Waals surface area (Å²) in [4.78, 5) is 24.5. The number of methoxy groups -OCH3 is 2. The molecule has 2 N–H and O–H groups in total. The zero-order valence-corrected chi connectivity index (χ0v) is 15.8. The molecule has 2 aromatic carbocycles. The predicted molar refractivity (Wildman–Crippen MR) is 102 cm³/mol. The topological polar surface area (TPSA) is 103 Å². The Morgan fingerprint density at radius 1 is 1.14 bits per heavy atom. The number of aromatic amines is 1. The van der Waals surface area contributed by atoms with Crippen molar-refractivity contribution < 1.29 is 23.8 Å². The highest BCUT2D eigenvalue weighted by molar-refractivity contribution is 6.02. The fourth-order valence-corrected chi connectivity index (χ4v) is 2.86. The Hall–Kier alpha value is -3.55. The van der Waals surface area contributed by atoms with E-state index in [-0.39, 0.29) is 11.7 Å². The first kappa shape index (κ1) is 19.2. The van der Waals surface area contributed by atoms with Gasteiger partial charge in [-0.25, -0.2) is 4.79 Å². The molecule has 0 fully saturated rings. The molecule has 3 rings (SSSR count). The second-order valence-corrected chi connectivity index (χ2v) is 6.09. The fraction of sp³-hybridized carbons (Fsp3) is 0.250. The number of benzene rings is 2. The fourth-order valence-electron chi connectivity index (χ4n) is 2.86. The van der Waals surface area contributed by atoms with Crippen molar-refractivity contribution in [3.8, 4) is 11.5 Å². The summed E-state index contributed by atoms with van der Waals surface area (Å²) in [5.74, 6) is 0.159. The van der Waals surface area contributed by atoms with Gasteiger partial charge in [0.1, 0.15) is 11.5 Å². The zero-order chi connectivity index (χ0) is 20.1. The molecule has 146 valence electrons. The Morgan fingerprint density at radius 2 is 1.93 bits per heavy atom. The molecule has 0 spiro atoms. The van der Waals surface area contributed by atoms with Gasteiger partial charge >= 0.3 is 5.97 Å². The molecule has 1 atom stereocenters. The molecule has 0 saturated heterocycles. The van der Waals surface area contributed by atoms with Crippen LogP contribution in [0.4, 0.5) is 0 Å². The number of hydrogen-bond donors (Lipinski definition) is 2. The molecule has 3 aromatic rings. The van der Waals surface area contributed by atoms with Crippen molar-refractivity contribution in [2.45, 2.75) is 13.0 Å². The van der Waals surface area contributed by atoms with E-state index in [1.807, 2.05) is 6.07 Å². The van der Waals surface area contributed by atoms with Gasteiger partial charge in [-0.15, -0.1) is 0 Å². The minimum absolute atomic E-state index is 0.144. The van der Waals surface area contributed by atoms with E-state index in [0.29, 0.717) is 16.9 Å². The maximum absolute atomic E-state index is 12.2. The minimum Gasteiger partial charge on any atom is -0.497 e. The third-order valence-corrected chi connectivity index (χ3v) is 4.28. The Bertz CT molecular complexity index is 998. The van der Waals surface area contributed by atoms with Crippen molar-refractivity contribution >= 4 is 22.8 Å². The van der Waals surface area contributed by atoms with Crippen molar-refractivity contribution in [3.05, 3.63) is 53.7 Å². The smallest absolute Gasteiger partial charge is 0.359 e. The van der Waals surface area contributed by atoms with Gasteiger partial charge in [0.25, 0.3) is 5.91 Å². The molecular formula is C20H21N3O5. The van der Waals surface area contributed by atoms with Crippen LogP contribution in [0.3, 0.4) is 0 Å². The molecule has 1 unspecified atom stereocenters. The largest absolute Gasteiger partial charge is 0.497 e. The molecule has 0 radical (unpaired) electrons. The summed E-state index contributed by atoms with van der Waals surface area (Å²) in [7, 11) is 3.11. The number of nitrogens with one attached hydrogen (secondary N) is 2. The normalized spacial score (nSPS) is 11.7. The van der Waals surface area contributed by atoms with Gasteiger partial charge in [-0.2, -0.15) is 5.10 Å². The minimum atomic E-state index is -0.667. The number of para-hydroxylation sites is 1. The first-order valence-corrected chi connectivity index (χ1v) is 8.65. The van der Waals surface area contributed by atoms with Gasteiger partial charge in [-0.1, -0.05) is 18.2 Å². The summed E-state index contributed by atoms with van der Waals surface area (Å²) in [6.07, 6.45) is 0. The van der Waals surface area contributed by atoms with Crippen molar-refractivity contribution in [1.82, 2.24) is 15.5 Å². The first-order chi connectivity index (χ1) is 13.5. The van der Waals surface area contributed by atoms with Crippen LogP contribution in [0.15, 0.2) is 42.5 Å². The number of fused-ring (bicyclic) bond motifs is 1. The highest BCUT2D eigenvalue weighted by Crippen LogP contribution is 2.29. The maximum Gasteiger partial charge on any atom is 0.359 e. The van der Waals surface area contributed by atoms with E-state index >= 15 is 0 Å². The van der Waals surface area contributed by atoms with Gasteiger partial charge in [0.15, 0.2) is 12.3 Å². The lowest BCUT2D eigenvalue weighted by Crippen LogP contribution is -2.31. The van der Waals surface area contributed by atoms with Crippen LogP contribution in [0.1, 0.15) is 29.0 Å². The SMILES string of the molecule is COc1ccc(OC)c(C(C)NC(=O)COC(=O)c2n[nH]c3ccccc23)c1. The lowest BCUT2D eigenvalue weighted by atomic mass is 10.1. The van der Waals surface area contributed by atoms with E-state index in [1.165, 1.54) is 0 Å². The lowest BCUT2D eigenvalue weighted by molar-refractivity contribution is -0.124. The highest BCUT2D eigenvalue weighted by atomic mass is 16.5. The number of carbonyl (C=O) groups excluding carboxylic acids is 2. The number of esters is 1. The number of carbonyl (C=O) groups is 2. The van der Waals surface area contributed by atoms with E-state index in [1.54, 1.807) is 57.5 Å². The molecule has 0 aliphatic rings. The Balaban J connectivity index is 1.62. The number of ether oxygens (including phenoxy) is 3. The van der Waals surface area contributed by atoms with Gasteiger partial charge in [0.05, 0.1) is 25.8 Å². The van der Waals surface area contributed by atoms with E-state index in [9.17, 15) is 9.59 Å². The van der Waals surface area contributed by atoms with Crippen LogP contribution < -0.4 is 14.8 Å². The predicted octanol–water partition coefficient (Wildman–Crippen LogP) is 2.61. The molecule has 0 aliphatic heterocycles. The van der Waals surface area contributed by atoms with Crippen LogP contribution in [0.5, 0.6) is 11.5 Å². The van der Waals surface area contributed by atoms with Crippen LogP contribution in [-0.2, 0) is 9.53 Å². The number of nitrogens with zero attached hydrogens (tertiary/aromatic N) is 1. The van der Waals surface area contributed by atoms with Crippen LogP contribution in [0.25, 0.3) is 10.9 Å². The van der Waals surface area contributed by atoms with E-state index in [2.05, 4.69) is 15.5 Å². The summed E-state index contributed by atoms with van der Waals surface area (Å²) in [6.45, 7) is 1.38.